The van der Waals surface area contributed by atoms with E-state index < -0.39 is 0 Å². The number of nitrogens with zero attached hydrogens (tertiary/aromatic N) is 1. The van der Waals surface area contributed by atoms with Crippen LogP contribution in [0.1, 0.15) is 10.6 Å². The molecule has 1 aromatic carbocycles. The van der Waals surface area contributed by atoms with Crippen molar-refractivity contribution in [3.05, 3.63) is 33.8 Å². The monoisotopic (exact) mass is 255 g/mol. The van der Waals surface area contributed by atoms with Gasteiger partial charge in [0.2, 0.25) is 0 Å². The molecule has 0 saturated heterocycles. The minimum atomic E-state index is -0.0369. The van der Waals surface area contributed by atoms with Gasteiger partial charge >= 0.3 is 0 Å². The van der Waals surface area contributed by atoms with Gasteiger partial charge in [-0.1, -0.05) is 11.6 Å². The van der Waals surface area contributed by atoms with Gasteiger partial charge in [0.1, 0.15) is 10.8 Å². The van der Waals surface area contributed by atoms with Crippen molar-refractivity contribution in [2.24, 2.45) is 0 Å². The number of phenolic OH excluding ortho intramolecular Hbond substituents is 1. The summed E-state index contributed by atoms with van der Waals surface area (Å²) < 4.78 is 0. The smallest absolute Gasteiger partial charge is 0.127 e. The molecule has 2 rings (SSSR count). The van der Waals surface area contributed by atoms with Crippen LogP contribution >= 0.6 is 22.9 Å². The van der Waals surface area contributed by atoms with Crippen molar-refractivity contribution in [2.45, 2.75) is 13.5 Å². The van der Waals surface area contributed by atoms with Crippen LogP contribution < -0.4 is 0 Å². The zero-order valence-electron chi connectivity index (χ0n) is 8.57. The Balaban J connectivity index is 2.53. The highest BCUT2D eigenvalue weighted by molar-refractivity contribution is 7.15. The number of thiazole rings is 1. The van der Waals surface area contributed by atoms with Crippen LogP contribution in [-0.2, 0) is 6.61 Å². The topological polar surface area (TPSA) is 53.4 Å². The minimum Gasteiger partial charge on any atom is -0.507 e. The third-order valence-corrected chi connectivity index (χ3v) is 3.64. The maximum Gasteiger partial charge on any atom is 0.127 e. The Bertz CT molecular complexity index is 525. The van der Waals surface area contributed by atoms with Gasteiger partial charge in [0.05, 0.1) is 22.7 Å². The van der Waals surface area contributed by atoms with Gasteiger partial charge in [0.25, 0.3) is 0 Å². The molecular weight excluding hydrogens is 246 g/mol. The lowest BCUT2D eigenvalue weighted by Gasteiger charge is -2.00. The molecule has 16 heavy (non-hydrogen) atoms. The number of phenols is 1. The third-order valence-electron chi connectivity index (χ3n) is 2.23. The molecule has 0 bridgehead atoms. The third kappa shape index (κ3) is 2.04. The first kappa shape index (κ1) is 11.4. The second-order valence-electron chi connectivity index (χ2n) is 3.35. The van der Waals surface area contributed by atoms with Gasteiger partial charge in [-0.3, -0.25) is 0 Å². The summed E-state index contributed by atoms with van der Waals surface area (Å²) in [5, 5.41) is 20.0. The van der Waals surface area contributed by atoms with Gasteiger partial charge in [0.15, 0.2) is 0 Å². The van der Waals surface area contributed by atoms with Crippen LogP contribution in [0, 0.1) is 6.92 Å². The van der Waals surface area contributed by atoms with Crippen molar-refractivity contribution < 1.29 is 10.2 Å². The van der Waals surface area contributed by atoms with E-state index in [9.17, 15) is 5.11 Å². The van der Waals surface area contributed by atoms with Crippen molar-refractivity contribution in [3.8, 4) is 16.3 Å². The SMILES string of the molecule is Cc1nc(-c2cc(Cl)ccc2O)sc1CO. The molecule has 3 nitrogen and oxygen atoms in total. The lowest BCUT2D eigenvalue weighted by atomic mass is 10.2. The maximum absolute atomic E-state index is 9.71. The largest absolute Gasteiger partial charge is 0.507 e. The maximum atomic E-state index is 9.71. The molecule has 84 valence electrons. The van der Waals surface area contributed by atoms with Crippen LogP contribution in [0.4, 0.5) is 0 Å². The van der Waals surface area contributed by atoms with Gasteiger partial charge in [-0.2, -0.15) is 0 Å². The summed E-state index contributed by atoms with van der Waals surface area (Å²) in [6.07, 6.45) is 0. The highest BCUT2D eigenvalue weighted by atomic mass is 35.5. The van der Waals surface area contributed by atoms with Crippen molar-refractivity contribution >= 4 is 22.9 Å². The van der Waals surface area contributed by atoms with E-state index in [0.29, 0.717) is 15.6 Å². The summed E-state index contributed by atoms with van der Waals surface area (Å²) in [6, 6.07) is 4.82. The van der Waals surface area contributed by atoms with Crippen LogP contribution in [0.3, 0.4) is 0 Å². The fourth-order valence-corrected chi connectivity index (χ4v) is 2.49. The molecule has 1 aromatic heterocycles. The Labute approximate surface area is 102 Å². The lowest BCUT2D eigenvalue weighted by Crippen LogP contribution is -1.81. The summed E-state index contributed by atoms with van der Waals surface area (Å²) in [7, 11) is 0. The second kappa shape index (κ2) is 4.41. The summed E-state index contributed by atoms with van der Waals surface area (Å²) in [4.78, 5) is 5.09. The quantitative estimate of drug-likeness (QED) is 0.868. The van der Waals surface area contributed by atoms with Gasteiger partial charge in [-0.25, -0.2) is 4.98 Å². The first-order chi connectivity index (χ1) is 7.61. The summed E-state index contributed by atoms with van der Waals surface area (Å²) >= 11 is 7.22. The average Bonchev–Trinajstić information content (AvgIpc) is 2.63. The van der Waals surface area contributed by atoms with Crippen LogP contribution in [0.5, 0.6) is 5.75 Å². The molecule has 0 atom stereocenters. The Kier molecular flexibility index (Phi) is 3.14. The molecule has 0 fully saturated rings. The van der Waals surface area contributed by atoms with Crippen molar-refractivity contribution in [2.75, 3.05) is 0 Å². The van der Waals surface area contributed by atoms with E-state index in [1.807, 2.05) is 6.92 Å². The van der Waals surface area contributed by atoms with Crippen molar-refractivity contribution in [3.63, 3.8) is 0 Å². The second-order valence-corrected chi connectivity index (χ2v) is 4.87. The zero-order chi connectivity index (χ0) is 11.7. The summed E-state index contributed by atoms with van der Waals surface area (Å²) in [6.45, 7) is 1.79. The van der Waals surface area contributed by atoms with E-state index in [0.717, 1.165) is 10.6 Å². The summed E-state index contributed by atoms with van der Waals surface area (Å²) in [5.41, 5.74) is 1.38. The minimum absolute atomic E-state index is 0.0369. The Hall–Kier alpha value is -1.10. The molecule has 2 aromatic rings. The fourth-order valence-electron chi connectivity index (χ4n) is 1.37. The number of benzene rings is 1. The average molecular weight is 256 g/mol. The number of hydrogen-bond donors (Lipinski definition) is 2. The van der Waals surface area contributed by atoms with Gasteiger partial charge in [0, 0.05) is 5.02 Å². The van der Waals surface area contributed by atoms with E-state index in [1.54, 1.807) is 12.1 Å². The lowest BCUT2D eigenvalue weighted by molar-refractivity contribution is 0.284. The van der Waals surface area contributed by atoms with Crippen LogP contribution in [-0.4, -0.2) is 15.2 Å². The van der Waals surface area contributed by atoms with Gasteiger partial charge < -0.3 is 10.2 Å². The Morgan fingerprint density at radius 2 is 2.19 bits per heavy atom. The molecule has 0 unspecified atom stereocenters. The Morgan fingerprint density at radius 3 is 2.81 bits per heavy atom. The number of aromatic hydroxyl groups is 1. The number of aliphatic hydroxyl groups is 1. The van der Waals surface area contributed by atoms with Crippen molar-refractivity contribution in [1.29, 1.82) is 0 Å². The van der Waals surface area contributed by atoms with E-state index in [4.69, 9.17) is 16.7 Å². The van der Waals surface area contributed by atoms with Crippen LogP contribution in [0.15, 0.2) is 18.2 Å². The van der Waals surface area contributed by atoms with Gasteiger partial charge in [-0.15, -0.1) is 11.3 Å². The predicted molar refractivity (Wildman–Crippen MR) is 64.9 cm³/mol. The molecule has 0 amide bonds. The zero-order valence-corrected chi connectivity index (χ0v) is 10.1. The highest BCUT2D eigenvalue weighted by Crippen LogP contribution is 2.35. The van der Waals surface area contributed by atoms with E-state index in [2.05, 4.69) is 4.98 Å². The number of halogens is 1. The Morgan fingerprint density at radius 1 is 1.44 bits per heavy atom. The van der Waals surface area contributed by atoms with Gasteiger partial charge in [-0.05, 0) is 25.1 Å². The number of aryl methyl sites for hydroxylation is 1. The molecule has 0 spiro atoms. The van der Waals surface area contributed by atoms with E-state index in [1.165, 1.54) is 17.4 Å². The normalized spacial score (nSPS) is 10.7. The van der Waals surface area contributed by atoms with Crippen LogP contribution in [0.25, 0.3) is 10.6 Å². The van der Waals surface area contributed by atoms with Crippen LogP contribution in [0.2, 0.25) is 5.02 Å². The molecule has 0 saturated carbocycles. The fraction of sp³-hybridized carbons (Fsp3) is 0.182. The number of rotatable bonds is 2. The molecule has 0 aliphatic heterocycles. The van der Waals surface area contributed by atoms with Crippen molar-refractivity contribution in [1.82, 2.24) is 4.98 Å². The number of aromatic nitrogens is 1. The molecular formula is C11H10ClNO2S. The molecule has 0 aliphatic carbocycles. The molecule has 2 N–H and O–H groups in total. The molecule has 5 heteroatoms. The first-order valence-electron chi connectivity index (χ1n) is 4.68. The molecule has 1 heterocycles. The highest BCUT2D eigenvalue weighted by Gasteiger charge is 2.12. The first-order valence-corrected chi connectivity index (χ1v) is 5.87. The number of aliphatic hydroxyl groups excluding tert-OH is 1. The predicted octanol–water partition coefficient (Wildman–Crippen LogP) is 2.97. The summed E-state index contributed by atoms with van der Waals surface area (Å²) in [5.74, 6) is 0.141. The van der Waals surface area contributed by atoms with E-state index >= 15 is 0 Å². The standard InChI is InChI=1S/C11H10ClNO2S/c1-6-10(5-14)16-11(13-6)8-4-7(12)2-3-9(8)15/h2-4,14-15H,5H2,1H3. The number of hydrogen-bond acceptors (Lipinski definition) is 4. The molecule has 0 aliphatic rings. The molecule has 0 radical (unpaired) electrons. The van der Waals surface area contributed by atoms with E-state index in [-0.39, 0.29) is 12.4 Å².